The van der Waals surface area contributed by atoms with Crippen molar-refractivity contribution in [2.75, 3.05) is 11.3 Å². The Morgan fingerprint density at radius 2 is 2.05 bits per heavy atom. The van der Waals surface area contributed by atoms with Gasteiger partial charge in [0.15, 0.2) is 0 Å². The summed E-state index contributed by atoms with van der Waals surface area (Å²) in [7, 11) is -3.65. The number of rotatable bonds is 6. The molecule has 2 aromatic rings. The van der Waals surface area contributed by atoms with E-state index in [-0.39, 0.29) is 4.90 Å². The van der Waals surface area contributed by atoms with Crippen molar-refractivity contribution in [2.45, 2.75) is 25.3 Å². The number of anilines is 1. The first kappa shape index (κ1) is 15.8. The lowest BCUT2D eigenvalue weighted by atomic mass is 10.3. The predicted octanol–water partition coefficient (Wildman–Crippen LogP) is 2.71. The number of aryl methyl sites for hydroxylation is 1. The average Bonchev–Trinajstić information content (AvgIpc) is 2.83. The average molecular weight is 326 g/mol. The fourth-order valence-electron chi connectivity index (χ4n) is 1.92. The third-order valence-corrected chi connectivity index (χ3v) is 5.54. The maximum Gasteiger partial charge on any atom is 0.263 e. The molecule has 0 aliphatic heterocycles. The highest BCUT2D eigenvalue weighted by atomic mass is 32.2. The number of para-hydroxylation sites is 2. The van der Waals surface area contributed by atoms with E-state index >= 15 is 0 Å². The summed E-state index contributed by atoms with van der Waals surface area (Å²) in [5.74, 6) is 0.510. The zero-order valence-electron chi connectivity index (χ0n) is 11.9. The van der Waals surface area contributed by atoms with Crippen LogP contribution in [0.4, 0.5) is 5.69 Å². The molecule has 3 N–H and O–H groups in total. The fourth-order valence-corrected chi connectivity index (χ4v) is 4.51. The summed E-state index contributed by atoms with van der Waals surface area (Å²) >= 11 is 1.39. The molecule has 0 unspecified atom stereocenters. The Balaban J connectivity index is 2.35. The molecule has 1 aromatic carbocycles. The minimum absolute atomic E-state index is 0.263. The standard InChI is InChI=1S/C14H18N2O3S2/c1-3-19-13-7-5-4-6-12(13)16-21(17,18)14-8-11(9-15)20-10(14)2/h4-8,16H,3,9,15H2,1-2H3. The number of hydrogen-bond acceptors (Lipinski definition) is 5. The van der Waals surface area contributed by atoms with E-state index in [1.807, 2.05) is 6.92 Å². The van der Waals surface area contributed by atoms with E-state index in [1.54, 1.807) is 37.3 Å². The molecule has 0 fully saturated rings. The highest BCUT2D eigenvalue weighted by Crippen LogP contribution is 2.30. The first-order chi connectivity index (χ1) is 9.97. The van der Waals surface area contributed by atoms with Gasteiger partial charge in [-0.25, -0.2) is 8.42 Å². The van der Waals surface area contributed by atoms with E-state index < -0.39 is 10.0 Å². The Morgan fingerprint density at radius 1 is 1.33 bits per heavy atom. The summed E-state index contributed by atoms with van der Waals surface area (Å²) in [6.45, 7) is 4.42. The van der Waals surface area contributed by atoms with Crippen molar-refractivity contribution in [1.82, 2.24) is 0 Å². The summed E-state index contributed by atoms with van der Waals surface area (Å²) in [5.41, 5.74) is 6.00. The lowest BCUT2D eigenvalue weighted by molar-refractivity contribution is 0.342. The van der Waals surface area contributed by atoms with Crippen LogP contribution in [0.25, 0.3) is 0 Å². The Hall–Kier alpha value is -1.57. The molecule has 0 bridgehead atoms. The maximum atomic E-state index is 12.5. The van der Waals surface area contributed by atoms with Crippen molar-refractivity contribution in [3.63, 3.8) is 0 Å². The minimum atomic E-state index is -3.65. The predicted molar refractivity (Wildman–Crippen MR) is 85.4 cm³/mol. The van der Waals surface area contributed by atoms with Crippen molar-refractivity contribution in [1.29, 1.82) is 0 Å². The van der Waals surface area contributed by atoms with Gasteiger partial charge in [0, 0.05) is 16.3 Å². The van der Waals surface area contributed by atoms with Crippen LogP contribution in [0, 0.1) is 6.92 Å². The van der Waals surface area contributed by atoms with Gasteiger partial charge in [0.2, 0.25) is 0 Å². The Morgan fingerprint density at radius 3 is 2.67 bits per heavy atom. The van der Waals surface area contributed by atoms with Gasteiger partial charge in [0.05, 0.1) is 12.3 Å². The number of nitrogens with one attached hydrogen (secondary N) is 1. The summed E-state index contributed by atoms with van der Waals surface area (Å²) in [6.07, 6.45) is 0. The molecular formula is C14H18N2O3S2. The maximum absolute atomic E-state index is 12.5. The molecule has 1 aromatic heterocycles. The van der Waals surface area contributed by atoms with Gasteiger partial charge in [-0.2, -0.15) is 0 Å². The zero-order valence-corrected chi connectivity index (χ0v) is 13.6. The van der Waals surface area contributed by atoms with E-state index in [0.717, 1.165) is 9.75 Å². The molecule has 7 heteroatoms. The highest BCUT2D eigenvalue weighted by Gasteiger charge is 2.21. The van der Waals surface area contributed by atoms with E-state index in [0.29, 0.717) is 24.6 Å². The van der Waals surface area contributed by atoms with Crippen molar-refractivity contribution >= 4 is 27.0 Å². The monoisotopic (exact) mass is 326 g/mol. The quantitative estimate of drug-likeness (QED) is 0.855. The van der Waals surface area contributed by atoms with Crippen LogP contribution in [0.1, 0.15) is 16.7 Å². The first-order valence-corrected chi connectivity index (χ1v) is 8.82. The van der Waals surface area contributed by atoms with Crippen molar-refractivity contribution < 1.29 is 13.2 Å². The molecule has 2 rings (SSSR count). The van der Waals surface area contributed by atoms with Gasteiger partial charge in [-0.15, -0.1) is 11.3 Å². The Bertz CT molecular complexity index is 724. The lowest BCUT2D eigenvalue weighted by Crippen LogP contribution is -2.14. The van der Waals surface area contributed by atoms with Crippen molar-refractivity contribution in [3.8, 4) is 5.75 Å². The van der Waals surface area contributed by atoms with Gasteiger partial charge in [-0.05, 0) is 32.0 Å². The molecule has 0 radical (unpaired) electrons. The highest BCUT2D eigenvalue weighted by molar-refractivity contribution is 7.93. The second-order valence-electron chi connectivity index (χ2n) is 4.37. The molecule has 1 heterocycles. The number of hydrogen-bond donors (Lipinski definition) is 2. The SMILES string of the molecule is CCOc1ccccc1NS(=O)(=O)c1cc(CN)sc1C. The topological polar surface area (TPSA) is 81.4 Å². The molecule has 114 valence electrons. The van der Waals surface area contributed by atoms with Crippen LogP contribution in [0.15, 0.2) is 35.2 Å². The van der Waals surface area contributed by atoms with Crippen LogP contribution in [-0.2, 0) is 16.6 Å². The first-order valence-electron chi connectivity index (χ1n) is 6.52. The van der Waals surface area contributed by atoms with E-state index in [4.69, 9.17) is 10.5 Å². The zero-order chi connectivity index (χ0) is 15.5. The van der Waals surface area contributed by atoms with Gasteiger partial charge < -0.3 is 10.5 Å². The number of nitrogens with two attached hydrogens (primary N) is 1. The molecule has 0 aliphatic carbocycles. The second kappa shape index (κ2) is 6.46. The lowest BCUT2D eigenvalue weighted by Gasteiger charge is -2.12. The normalized spacial score (nSPS) is 11.4. The van der Waals surface area contributed by atoms with E-state index in [1.165, 1.54) is 11.3 Å². The molecule has 5 nitrogen and oxygen atoms in total. The summed E-state index contributed by atoms with van der Waals surface area (Å²) in [5, 5.41) is 0. The van der Waals surface area contributed by atoms with Gasteiger partial charge in [-0.1, -0.05) is 12.1 Å². The molecule has 0 saturated heterocycles. The summed E-state index contributed by atoms with van der Waals surface area (Å²) in [6, 6.07) is 8.57. The number of benzene rings is 1. The summed E-state index contributed by atoms with van der Waals surface area (Å²) < 4.78 is 33.0. The number of thiophene rings is 1. The van der Waals surface area contributed by atoms with Gasteiger partial charge in [0.25, 0.3) is 10.0 Å². The van der Waals surface area contributed by atoms with Crippen LogP contribution in [0.3, 0.4) is 0 Å². The fraction of sp³-hybridized carbons (Fsp3) is 0.286. The second-order valence-corrected chi connectivity index (χ2v) is 7.36. The van der Waals surface area contributed by atoms with Crippen molar-refractivity contribution in [3.05, 3.63) is 40.1 Å². The van der Waals surface area contributed by atoms with Crippen molar-refractivity contribution in [2.24, 2.45) is 5.73 Å². The Labute approximate surface area is 128 Å². The largest absolute Gasteiger partial charge is 0.492 e. The van der Waals surface area contributed by atoms with Crippen LogP contribution in [0.2, 0.25) is 0 Å². The van der Waals surface area contributed by atoms with Crippen LogP contribution >= 0.6 is 11.3 Å². The third kappa shape index (κ3) is 3.55. The molecule has 0 amide bonds. The Kier molecular flexibility index (Phi) is 4.87. The van der Waals surface area contributed by atoms with E-state index in [2.05, 4.69) is 4.72 Å². The third-order valence-electron chi connectivity index (χ3n) is 2.85. The van der Waals surface area contributed by atoms with Crippen LogP contribution < -0.4 is 15.2 Å². The molecule has 0 saturated carbocycles. The van der Waals surface area contributed by atoms with Gasteiger partial charge >= 0.3 is 0 Å². The molecule has 0 aliphatic rings. The molecular weight excluding hydrogens is 308 g/mol. The van der Waals surface area contributed by atoms with Gasteiger partial charge in [0.1, 0.15) is 10.6 Å². The molecule has 0 atom stereocenters. The minimum Gasteiger partial charge on any atom is -0.492 e. The number of ether oxygens (including phenoxy) is 1. The smallest absolute Gasteiger partial charge is 0.263 e. The van der Waals surface area contributed by atoms with Crippen LogP contribution in [-0.4, -0.2) is 15.0 Å². The van der Waals surface area contributed by atoms with E-state index in [9.17, 15) is 8.42 Å². The molecule has 0 spiro atoms. The molecule has 21 heavy (non-hydrogen) atoms. The van der Waals surface area contributed by atoms with Crippen LogP contribution in [0.5, 0.6) is 5.75 Å². The summed E-state index contributed by atoms with van der Waals surface area (Å²) in [4.78, 5) is 1.82. The van der Waals surface area contributed by atoms with Gasteiger partial charge in [-0.3, -0.25) is 4.72 Å². The number of sulfonamides is 1.